The maximum absolute atomic E-state index is 6.09. The van der Waals surface area contributed by atoms with Crippen molar-refractivity contribution in [2.24, 2.45) is 0 Å². The van der Waals surface area contributed by atoms with Crippen LogP contribution in [0.2, 0.25) is 0 Å². The number of hydrogen-bond acceptors (Lipinski definition) is 4. The molecule has 2 aliphatic heterocycles. The molecule has 1 atom stereocenters. The van der Waals surface area contributed by atoms with E-state index in [4.69, 9.17) is 9.47 Å². The maximum Gasteiger partial charge on any atom is 0.162 e. The molecule has 1 saturated heterocycles. The van der Waals surface area contributed by atoms with Crippen LogP contribution in [0.4, 0.5) is 0 Å². The van der Waals surface area contributed by atoms with Crippen molar-refractivity contribution in [3.63, 3.8) is 0 Å². The molecule has 0 aromatic heterocycles. The SMILES string of the molecule is CSC1CCN(Cc2ccc(C3COc4ccccc4O3)cc2)CC1. The third-order valence-corrected chi connectivity index (χ3v) is 6.27. The van der Waals surface area contributed by atoms with E-state index in [9.17, 15) is 0 Å². The van der Waals surface area contributed by atoms with E-state index in [1.807, 2.05) is 36.0 Å². The summed E-state index contributed by atoms with van der Waals surface area (Å²) in [6.45, 7) is 4.04. The average molecular weight is 356 g/mol. The standard InChI is InChI=1S/C21H25NO2S/c1-25-18-10-12-22(13-11-18)14-16-6-8-17(9-7-16)21-15-23-19-4-2-3-5-20(19)24-21/h2-9,18,21H,10-15H2,1H3. The van der Waals surface area contributed by atoms with Crippen LogP contribution in [0.25, 0.3) is 0 Å². The van der Waals surface area contributed by atoms with Crippen molar-refractivity contribution in [1.29, 1.82) is 0 Å². The molecule has 132 valence electrons. The first-order valence-electron chi connectivity index (χ1n) is 9.04. The second-order valence-electron chi connectivity index (χ2n) is 6.82. The number of likely N-dealkylation sites (tertiary alicyclic amines) is 1. The molecule has 0 amide bonds. The third-order valence-electron chi connectivity index (χ3n) is 5.13. The highest BCUT2D eigenvalue weighted by Gasteiger charge is 2.22. The number of rotatable bonds is 4. The number of thioether (sulfide) groups is 1. The van der Waals surface area contributed by atoms with Gasteiger partial charge in [0.25, 0.3) is 0 Å². The van der Waals surface area contributed by atoms with Crippen LogP contribution >= 0.6 is 11.8 Å². The fourth-order valence-electron chi connectivity index (χ4n) is 3.58. The van der Waals surface area contributed by atoms with Gasteiger partial charge >= 0.3 is 0 Å². The number of nitrogens with zero attached hydrogens (tertiary/aromatic N) is 1. The summed E-state index contributed by atoms with van der Waals surface area (Å²) in [6, 6.07) is 16.7. The predicted molar refractivity (Wildman–Crippen MR) is 104 cm³/mol. The summed E-state index contributed by atoms with van der Waals surface area (Å²) in [5.74, 6) is 1.67. The molecule has 0 N–H and O–H groups in total. The van der Waals surface area contributed by atoms with Crippen molar-refractivity contribution in [2.75, 3.05) is 26.0 Å². The monoisotopic (exact) mass is 355 g/mol. The van der Waals surface area contributed by atoms with Gasteiger partial charge in [0.05, 0.1) is 0 Å². The van der Waals surface area contributed by atoms with Gasteiger partial charge in [-0.25, -0.2) is 0 Å². The van der Waals surface area contributed by atoms with E-state index in [2.05, 4.69) is 35.4 Å². The van der Waals surface area contributed by atoms with E-state index in [-0.39, 0.29) is 6.10 Å². The fraction of sp³-hybridized carbons (Fsp3) is 0.429. The molecule has 1 fully saturated rings. The molecule has 0 spiro atoms. The van der Waals surface area contributed by atoms with E-state index in [1.165, 1.54) is 37.1 Å². The zero-order valence-electron chi connectivity index (χ0n) is 14.7. The number of piperidine rings is 1. The van der Waals surface area contributed by atoms with Gasteiger partial charge in [0, 0.05) is 11.8 Å². The highest BCUT2D eigenvalue weighted by atomic mass is 32.2. The highest BCUT2D eigenvalue weighted by Crippen LogP contribution is 2.35. The van der Waals surface area contributed by atoms with Crippen LogP contribution in [0.1, 0.15) is 30.1 Å². The molecule has 0 radical (unpaired) electrons. The minimum absolute atomic E-state index is 0.0266. The molecule has 4 rings (SSSR count). The molecule has 25 heavy (non-hydrogen) atoms. The van der Waals surface area contributed by atoms with Gasteiger partial charge in [-0.05, 0) is 55.4 Å². The van der Waals surface area contributed by atoms with Gasteiger partial charge in [0.1, 0.15) is 6.61 Å². The van der Waals surface area contributed by atoms with E-state index in [0.29, 0.717) is 6.61 Å². The molecule has 1 unspecified atom stereocenters. The predicted octanol–water partition coefficient (Wildman–Crippen LogP) is 4.53. The Hall–Kier alpha value is -1.65. The van der Waals surface area contributed by atoms with Crippen LogP contribution in [0, 0.1) is 0 Å². The molecule has 2 aliphatic rings. The molecule has 3 nitrogen and oxygen atoms in total. The van der Waals surface area contributed by atoms with Gasteiger partial charge in [0.2, 0.25) is 0 Å². The minimum atomic E-state index is -0.0266. The topological polar surface area (TPSA) is 21.7 Å². The number of benzene rings is 2. The molecular formula is C21H25NO2S. The van der Waals surface area contributed by atoms with E-state index in [1.54, 1.807) is 0 Å². The molecule has 0 bridgehead atoms. The Morgan fingerprint density at radius 1 is 1.00 bits per heavy atom. The second kappa shape index (κ2) is 7.71. The Morgan fingerprint density at radius 2 is 1.72 bits per heavy atom. The summed E-state index contributed by atoms with van der Waals surface area (Å²) in [7, 11) is 0. The van der Waals surface area contributed by atoms with Crippen molar-refractivity contribution in [3.8, 4) is 11.5 Å². The molecule has 0 saturated carbocycles. The minimum Gasteiger partial charge on any atom is -0.485 e. The summed E-state index contributed by atoms with van der Waals surface area (Å²) in [6.07, 6.45) is 4.83. The molecule has 2 aromatic carbocycles. The fourth-order valence-corrected chi connectivity index (χ4v) is 4.26. The van der Waals surface area contributed by atoms with Gasteiger partial charge in [-0.3, -0.25) is 4.90 Å². The van der Waals surface area contributed by atoms with Crippen LogP contribution in [0.3, 0.4) is 0 Å². The van der Waals surface area contributed by atoms with E-state index < -0.39 is 0 Å². The van der Waals surface area contributed by atoms with Crippen molar-refractivity contribution >= 4 is 11.8 Å². The Balaban J connectivity index is 1.36. The number of para-hydroxylation sites is 2. The molecule has 0 aliphatic carbocycles. The zero-order valence-corrected chi connectivity index (χ0v) is 15.5. The first-order chi connectivity index (χ1) is 12.3. The van der Waals surface area contributed by atoms with Crippen LogP contribution < -0.4 is 9.47 Å². The lowest BCUT2D eigenvalue weighted by atomic mass is 10.0. The summed E-state index contributed by atoms with van der Waals surface area (Å²) in [5.41, 5.74) is 2.56. The molecule has 2 aromatic rings. The van der Waals surface area contributed by atoms with Gasteiger partial charge in [-0.1, -0.05) is 36.4 Å². The zero-order chi connectivity index (χ0) is 17.1. The van der Waals surface area contributed by atoms with Crippen LogP contribution in [0.15, 0.2) is 48.5 Å². The second-order valence-corrected chi connectivity index (χ2v) is 7.96. The van der Waals surface area contributed by atoms with Crippen molar-refractivity contribution in [2.45, 2.75) is 30.7 Å². The van der Waals surface area contributed by atoms with Crippen LogP contribution in [-0.2, 0) is 6.54 Å². The first kappa shape index (κ1) is 16.8. The van der Waals surface area contributed by atoms with Crippen LogP contribution in [0.5, 0.6) is 11.5 Å². The largest absolute Gasteiger partial charge is 0.485 e. The Bertz CT molecular complexity index is 695. The number of fused-ring (bicyclic) bond motifs is 1. The van der Waals surface area contributed by atoms with Crippen molar-refractivity contribution < 1.29 is 9.47 Å². The van der Waals surface area contributed by atoms with Crippen molar-refractivity contribution in [3.05, 3.63) is 59.7 Å². The normalized spacial score (nSPS) is 21.2. The van der Waals surface area contributed by atoms with Gasteiger partial charge < -0.3 is 9.47 Å². The lowest BCUT2D eigenvalue weighted by Crippen LogP contribution is -2.34. The van der Waals surface area contributed by atoms with Crippen LogP contribution in [-0.4, -0.2) is 36.1 Å². The van der Waals surface area contributed by atoms with Gasteiger partial charge in [-0.2, -0.15) is 11.8 Å². The molecular weight excluding hydrogens is 330 g/mol. The Morgan fingerprint density at radius 3 is 2.44 bits per heavy atom. The highest BCUT2D eigenvalue weighted by molar-refractivity contribution is 7.99. The molecule has 2 heterocycles. The first-order valence-corrected chi connectivity index (χ1v) is 10.3. The van der Waals surface area contributed by atoms with Crippen molar-refractivity contribution in [1.82, 2.24) is 4.90 Å². The number of hydrogen-bond donors (Lipinski definition) is 0. The average Bonchev–Trinajstić information content (AvgIpc) is 2.69. The Kier molecular flexibility index (Phi) is 5.18. The summed E-state index contributed by atoms with van der Waals surface area (Å²) in [5, 5.41) is 0.852. The molecule has 4 heteroatoms. The maximum atomic E-state index is 6.09. The smallest absolute Gasteiger partial charge is 0.162 e. The lowest BCUT2D eigenvalue weighted by molar-refractivity contribution is 0.0913. The quantitative estimate of drug-likeness (QED) is 0.803. The summed E-state index contributed by atoms with van der Waals surface area (Å²) >= 11 is 2.01. The lowest BCUT2D eigenvalue weighted by Gasteiger charge is -2.31. The van der Waals surface area contributed by atoms with Gasteiger partial charge in [-0.15, -0.1) is 0 Å². The Labute approximate surface area is 154 Å². The van der Waals surface area contributed by atoms with Gasteiger partial charge in [0.15, 0.2) is 17.6 Å². The summed E-state index contributed by atoms with van der Waals surface area (Å²) < 4.78 is 11.9. The third kappa shape index (κ3) is 3.96. The summed E-state index contributed by atoms with van der Waals surface area (Å²) in [4.78, 5) is 2.57. The number of ether oxygens (including phenoxy) is 2. The van der Waals surface area contributed by atoms with E-state index in [0.717, 1.165) is 23.3 Å². The van der Waals surface area contributed by atoms with E-state index >= 15 is 0 Å².